The predicted molar refractivity (Wildman–Crippen MR) is 71.3 cm³/mol. The number of carbonyl (C=O) groups is 1. The van der Waals surface area contributed by atoms with Crippen LogP contribution in [0.15, 0.2) is 18.2 Å². The van der Waals surface area contributed by atoms with Gasteiger partial charge in [-0.25, -0.2) is 0 Å². The molecule has 18 heavy (non-hydrogen) atoms. The molecule has 1 aromatic carbocycles. The summed E-state index contributed by atoms with van der Waals surface area (Å²) in [6.45, 7) is 4.93. The first-order valence-corrected chi connectivity index (χ1v) is 6.64. The van der Waals surface area contributed by atoms with Gasteiger partial charge in [0.15, 0.2) is 0 Å². The Labute approximate surface area is 107 Å². The second kappa shape index (κ2) is 4.61. The minimum atomic E-state index is 0.136. The summed E-state index contributed by atoms with van der Waals surface area (Å²) in [5.41, 5.74) is 8.30. The number of hydrogen-bond donors (Lipinski definition) is 1. The summed E-state index contributed by atoms with van der Waals surface area (Å²) in [6, 6.07) is 5.64. The fraction of sp³-hybridized carbons (Fsp3) is 0.500. The second-order valence-electron chi connectivity index (χ2n) is 5.19. The summed E-state index contributed by atoms with van der Waals surface area (Å²) in [6.07, 6.45) is 2.59. The molecule has 0 saturated carbocycles. The molecule has 1 amide bonds. The average Bonchev–Trinajstić information content (AvgIpc) is 2.97. The highest BCUT2D eigenvalue weighted by Gasteiger charge is 2.27. The molecule has 2 aliphatic heterocycles. The van der Waals surface area contributed by atoms with E-state index in [0.717, 1.165) is 30.8 Å². The van der Waals surface area contributed by atoms with Crippen LogP contribution in [0, 0.1) is 0 Å². The lowest BCUT2D eigenvalue weighted by atomic mass is 10.1. The van der Waals surface area contributed by atoms with E-state index in [4.69, 9.17) is 5.73 Å². The first-order chi connectivity index (χ1) is 8.74. The van der Waals surface area contributed by atoms with E-state index in [0.29, 0.717) is 5.69 Å². The van der Waals surface area contributed by atoms with Crippen molar-refractivity contribution in [2.24, 2.45) is 0 Å². The molecule has 4 nitrogen and oxygen atoms in total. The molecule has 0 radical (unpaired) electrons. The molecule has 2 heterocycles. The number of anilines is 1. The minimum Gasteiger partial charge on any atom is -0.399 e. The van der Waals surface area contributed by atoms with Gasteiger partial charge in [-0.15, -0.1) is 0 Å². The second-order valence-corrected chi connectivity index (χ2v) is 5.19. The molecule has 96 valence electrons. The molecule has 2 N–H and O–H groups in total. The summed E-state index contributed by atoms with van der Waals surface area (Å²) < 4.78 is 0. The number of rotatable bonds is 3. The smallest absolute Gasteiger partial charge is 0.254 e. The SMILES string of the molecule is Nc1ccc2c(c1)C(=O)N(CCN1CCCC1)C2. The Bertz CT molecular complexity index is 466. The van der Waals surface area contributed by atoms with E-state index in [1.165, 1.54) is 25.9 Å². The maximum absolute atomic E-state index is 12.2. The fourth-order valence-corrected chi connectivity index (χ4v) is 2.83. The fourth-order valence-electron chi connectivity index (χ4n) is 2.83. The predicted octanol–water partition coefficient (Wildman–Crippen LogP) is 1.32. The molecule has 3 rings (SSSR count). The maximum atomic E-state index is 12.2. The molecular weight excluding hydrogens is 226 g/mol. The molecule has 1 saturated heterocycles. The molecule has 0 atom stereocenters. The largest absolute Gasteiger partial charge is 0.399 e. The van der Waals surface area contributed by atoms with Crippen LogP contribution < -0.4 is 5.73 Å². The van der Waals surface area contributed by atoms with Crippen molar-refractivity contribution >= 4 is 11.6 Å². The van der Waals surface area contributed by atoms with Gasteiger partial charge >= 0.3 is 0 Å². The number of nitrogen functional groups attached to an aromatic ring is 1. The van der Waals surface area contributed by atoms with Crippen molar-refractivity contribution in [2.45, 2.75) is 19.4 Å². The lowest BCUT2D eigenvalue weighted by molar-refractivity contribution is 0.0763. The van der Waals surface area contributed by atoms with Gasteiger partial charge in [0.2, 0.25) is 0 Å². The van der Waals surface area contributed by atoms with E-state index in [9.17, 15) is 4.79 Å². The van der Waals surface area contributed by atoms with Crippen molar-refractivity contribution < 1.29 is 4.79 Å². The molecule has 0 spiro atoms. The van der Waals surface area contributed by atoms with E-state index in [1.54, 1.807) is 6.07 Å². The summed E-state index contributed by atoms with van der Waals surface area (Å²) in [5, 5.41) is 0. The van der Waals surface area contributed by atoms with Gasteiger partial charge in [0.05, 0.1) is 0 Å². The van der Waals surface area contributed by atoms with E-state index in [-0.39, 0.29) is 5.91 Å². The van der Waals surface area contributed by atoms with Crippen LogP contribution in [0.25, 0.3) is 0 Å². The number of hydrogen-bond acceptors (Lipinski definition) is 3. The molecular formula is C14H19N3O. The number of amides is 1. The first-order valence-electron chi connectivity index (χ1n) is 6.64. The van der Waals surface area contributed by atoms with Gasteiger partial charge in [0.25, 0.3) is 5.91 Å². The third-order valence-electron chi connectivity index (χ3n) is 3.90. The number of fused-ring (bicyclic) bond motifs is 1. The summed E-state index contributed by atoms with van der Waals surface area (Å²) in [5.74, 6) is 0.136. The standard InChI is InChI=1S/C14H19N3O/c15-12-4-3-11-10-17(14(18)13(11)9-12)8-7-16-5-1-2-6-16/h3-4,9H,1-2,5-8,10,15H2. The lowest BCUT2D eigenvalue weighted by Crippen LogP contribution is -2.33. The van der Waals surface area contributed by atoms with Crippen LogP contribution in [0.5, 0.6) is 0 Å². The van der Waals surface area contributed by atoms with Crippen molar-refractivity contribution in [2.75, 3.05) is 31.9 Å². The van der Waals surface area contributed by atoms with Crippen molar-refractivity contribution in [1.82, 2.24) is 9.80 Å². The molecule has 1 aromatic rings. The highest BCUT2D eigenvalue weighted by atomic mass is 16.2. The number of nitrogens with two attached hydrogens (primary N) is 1. The van der Waals surface area contributed by atoms with Crippen LogP contribution in [0.3, 0.4) is 0 Å². The first kappa shape index (κ1) is 11.5. The van der Waals surface area contributed by atoms with Crippen molar-refractivity contribution in [1.29, 1.82) is 0 Å². The zero-order valence-electron chi connectivity index (χ0n) is 10.6. The van der Waals surface area contributed by atoms with Crippen LogP contribution in [0.1, 0.15) is 28.8 Å². The zero-order valence-corrected chi connectivity index (χ0v) is 10.6. The van der Waals surface area contributed by atoms with Gasteiger partial charge in [0.1, 0.15) is 0 Å². The Hall–Kier alpha value is -1.55. The van der Waals surface area contributed by atoms with Gasteiger partial charge < -0.3 is 15.5 Å². The van der Waals surface area contributed by atoms with Crippen LogP contribution in [0.4, 0.5) is 5.69 Å². The van der Waals surface area contributed by atoms with Crippen LogP contribution in [-0.4, -0.2) is 41.9 Å². The van der Waals surface area contributed by atoms with Gasteiger partial charge in [-0.2, -0.15) is 0 Å². The molecule has 0 aromatic heterocycles. The summed E-state index contributed by atoms with van der Waals surface area (Å²) in [4.78, 5) is 16.6. The molecule has 2 aliphatic rings. The van der Waals surface area contributed by atoms with Crippen LogP contribution >= 0.6 is 0 Å². The molecule has 0 aliphatic carbocycles. The number of benzene rings is 1. The number of carbonyl (C=O) groups excluding carboxylic acids is 1. The third-order valence-corrected chi connectivity index (χ3v) is 3.90. The topological polar surface area (TPSA) is 49.6 Å². The Morgan fingerprint density at radius 2 is 1.94 bits per heavy atom. The molecule has 0 bridgehead atoms. The normalized spacial score (nSPS) is 19.6. The van der Waals surface area contributed by atoms with Gasteiger partial charge in [-0.05, 0) is 43.6 Å². The van der Waals surface area contributed by atoms with Crippen molar-refractivity contribution in [3.8, 4) is 0 Å². The molecule has 0 unspecified atom stereocenters. The Morgan fingerprint density at radius 1 is 1.17 bits per heavy atom. The van der Waals surface area contributed by atoms with Crippen molar-refractivity contribution in [3.05, 3.63) is 29.3 Å². The minimum absolute atomic E-state index is 0.136. The van der Waals surface area contributed by atoms with Gasteiger partial charge in [0, 0.05) is 30.9 Å². The van der Waals surface area contributed by atoms with E-state index < -0.39 is 0 Å². The Morgan fingerprint density at radius 3 is 2.72 bits per heavy atom. The average molecular weight is 245 g/mol. The van der Waals surface area contributed by atoms with Crippen LogP contribution in [-0.2, 0) is 6.54 Å². The highest BCUT2D eigenvalue weighted by Crippen LogP contribution is 2.24. The van der Waals surface area contributed by atoms with Gasteiger partial charge in [-0.3, -0.25) is 4.79 Å². The Kier molecular flexibility index (Phi) is 2.96. The van der Waals surface area contributed by atoms with Gasteiger partial charge in [-0.1, -0.05) is 6.07 Å². The quantitative estimate of drug-likeness (QED) is 0.817. The number of likely N-dealkylation sites (tertiary alicyclic amines) is 1. The van der Waals surface area contributed by atoms with Crippen molar-refractivity contribution in [3.63, 3.8) is 0 Å². The van der Waals surface area contributed by atoms with E-state index >= 15 is 0 Å². The molecule has 1 fully saturated rings. The maximum Gasteiger partial charge on any atom is 0.254 e. The summed E-state index contributed by atoms with van der Waals surface area (Å²) in [7, 11) is 0. The Balaban J connectivity index is 1.64. The van der Waals surface area contributed by atoms with E-state index in [2.05, 4.69) is 4.90 Å². The monoisotopic (exact) mass is 245 g/mol. The third kappa shape index (κ3) is 2.08. The van der Waals surface area contributed by atoms with Crippen LogP contribution in [0.2, 0.25) is 0 Å². The lowest BCUT2D eigenvalue weighted by Gasteiger charge is -2.20. The zero-order chi connectivity index (χ0) is 12.5. The van der Waals surface area contributed by atoms with E-state index in [1.807, 2.05) is 17.0 Å². The number of nitrogens with zero attached hydrogens (tertiary/aromatic N) is 2. The highest BCUT2D eigenvalue weighted by molar-refractivity contribution is 5.99. The molecule has 4 heteroatoms. The summed E-state index contributed by atoms with van der Waals surface area (Å²) >= 11 is 0.